The van der Waals surface area contributed by atoms with Gasteiger partial charge in [0.25, 0.3) is 5.56 Å². The van der Waals surface area contributed by atoms with E-state index in [1.165, 1.54) is 31.6 Å². The zero-order chi connectivity index (χ0) is 14.7. The number of nitrogens with zero attached hydrogens (tertiary/aromatic N) is 1. The van der Waals surface area contributed by atoms with Crippen molar-refractivity contribution >= 4 is 28.6 Å². The summed E-state index contributed by atoms with van der Waals surface area (Å²) in [5.74, 6) is -0.502. The summed E-state index contributed by atoms with van der Waals surface area (Å²) in [7, 11) is 1.43. The highest BCUT2D eigenvalue weighted by Gasteiger charge is 2.14. The number of aromatic nitrogens is 2. The number of carbonyl (C=O) groups is 1. The minimum absolute atomic E-state index is 0.0423. The van der Waals surface area contributed by atoms with Crippen molar-refractivity contribution in [3.8, 4) is 17.4 Å². The molecule has 2 N–H and O–H groups in total. The Kier molecular flexibility index (Phi) is 4.23. The molecule has 0 saturated heterocycles. The van der Waals surface area contributed by atoms with Crippen LogP contribution in [0, 0.1) is 3.57 Å². The second kappa shape index (κ2) is 5.90. The number of hydrogen-bond acceptors (Lipinski definition) is 5. The quantitative estimate of drug-likeness (QED) is 0.776. The van der Waals surface area contributed by atoms with E-state index in [1.54, 1.807) is 22.6 Å². The van der Waals surface area contributed by atoms with E-state index in [9.17, 15) is 9.59 Å². The van der Waals surface area contributed by atoms with Crippen molar-refractivity contribution in [3.05, 3.63) is 44.0 Å². The van der Waals surface area contributed by atoms with Crippen LogP contribution < -0.4 is 15.0 Å². The van der Waals surface area contributed by atoms with Gasteiger partial charge in [-0.25, -0.2) is 9.78 Å². The van der Waals surface area contributed by atoms with Crippen LogP contribution in [0.1, 0.15) is 10.4 Å². The fourth-order valence-corrected chi connectivity index (χ4v) is 1.84. The Morgan fingerprint density at radius 1 is 1.40 bits per heavy atom. The average molecular weight is 388 g/mol. The monoisotopic (exact) mass is 388 g/mol. The summed E-state index contributed by atoms with van der Waals surface area (Å²) >= 11 is 1.79. The van der Waals surface area contributed by atoms with E-state index in [1.807, 2.05) is 0 Å². The molecule has 0 fully saturated rings. The van der Waals surface area contributed by atoms with Crippen LogP contribution in [0.2, 0.25) is 0 Å². The highest BCUT2D eigenvalue weighted by molar-refractivity contribution is 14.1. The van der Waals surface area contributed by atoms with Gasteiger partial charge in [-0.05, 0) is 40.8 Å². The number of halogens is 1. The molecule has 104 valence electrons. The van der Waals surface area contributed by atoms with Crippen LogP contribution in [0.4, 0.5) is 0 Å². The van der Waals surface area contributed by atoms with E-state index >= 15 is 0 Å². The summed E-state index contributed by atoms with van der Waals surface area (Å²) in [5.41, 5.74) is -0.301. The van der Waals surface area contributed by atoms with E-state index in [-0.39, 0.29) is 26.3 Å². The molecule has 8 heteroatoms. The van der Waals surface area contributed by atoms with Crippen LogP contribution in [0.5, 0.6) is 17.4 Å². The van der Waals surface area contributed by atoms with Crippen LogP contribution in [0.3, 0.4) is 0 Å². The summed E-state index contributed by atoms with van der Waals surface area (Å²) in [4.78, 5) is 28.7. The highest BCUT2D eigenvalue weighted by atomic mass is 127. The normalized spacial score (nSPS) is 10.1. The molecule has 0 unspecified atom stereocenters. The molecule has 20 heavy (non-hydrogen) atoms. The topological polar surface area (TPSA) is 102 Å². The molecule has 0 bridgehead atoms. The largest absolute Gasteiger partial charge is 0.493 e. The van der Waals surface area contributed by atoms with Crippen molar-refractivity contribution in [2.24, 2.45) is 0 Å². The third-order valence-corrected chi connectivity index (χ3v) is 3.33. The molecule has 2 aromatic rings. The second-order valence-electron chi connectivity index (χ2n) is 3.62. The number of rotatable bonds is 4. The van der Waals surface area contributed by atoms with Gasteiger partial charge in [0.2, 0.25) is 5.88 Å². The van der Waals surface area contributed by atoms with Gasteiger partial charge in [0.15, 0.2) is 11.5 Å². The van der Waals surface area contributed by atoms with Crippen molar-refractivity contribution in [2.45, 2.75) is 0 Å². The number of H-pyrrole nitrogens is 1. The van der Waals surface area contributed by atoms with Gasteiger partial charge in [-0.1, -0.05) is 0 Å². The molecule has 1 heterocycles. The number of hydrogen-bond donors (Lipinski definition) is 2. The predicted octanol–water partition coefficient (Wildman–Crippen LogP) is 1.87. The van der Waals surface area contributed by atoms with E-state index in [2.05, 4.69) is 9.97 Å². The van der Waals surface area contributed by atoms with E-state index in [0.29, 0.717) is 5.75 Å². The minimum atomic E-state index is -1.09. The average Bonchev–Trinajstić information content (AvgIpc) is 2.43. The first-order valence-electron chi connectivity index (χ1n) is 5.35. The molecule has 0 aliphatic heterocycles. The lowest BCUT2D eigenvalue weighted by atomic mass is 10.2. The molecule has 1 aromatic carbocycles. The van der Waals surface area contributed by atoms with Crippen molar-refractivity contribution in [3.63, 3.8) is 0 Å². The zero-order valence-electron chi connectivity index (χ0n) is 10.2. The van der Waals surface area contributed by atoms with Crippen molar-refractivity contribution < 1.29 is 19.4 Å². The summed E-state index contributed by atoms with van der Waals surface area (Å²) in [6.45, 7) is 0. The van der Waals surface area contributed by atoms with E-state index < -0.39 is 5.97 Å². The third kappa shape index (κ3) is 2.90. The smallest absolute Gasteiger partial charge is 0.335 e. The molecule has 0 aliphatic carbocycles. The molecule has 1 aromatic heterocycles. The first-order valence-corrected chi connectivity index (χ1v) is 6.43. The van der Waals surface area contributed by atoms with E-state index in [0.717, 1.165) is 0 Å². The van der Waals surface area contributed by atoms with Gasteiger partial charge in [0, 0.05) is 0 Å². The van der Waals surface area contributed by atoms with Crippen LogP contribution >= 0.6 is 22.6 Å². The standard InChI is InChI=1S/C12H9IN2O5/c1-19-7-3-2-6(12(17)18)4-8(7)20-11-9(13)10(16)14-5-15-11/h2-5H,1H3,(H,17,18)(H,14,15,16). The van der Waals surface area contributed by atoms with Gasteiger partial charge in [0.1, 0.15) is 3.57 Å². The van der Waals surface area contributed by atoms with Gasteiger partial charge in [0.05, 0.1) is 19.0 Å². The maximum absolute atomic E-state index is 11.5. The highest BCUT2D eigenvalue weighted by Crippen LogP contribution is 2.32. The van der Waals surface area contributed by atoms with Gasteiger partial charge >= 0.3 is 5.97 Å². The summed E-state index contributed by atoms with van der Waals surface area (Å²) < 4.78 is 10.8. The molecule has 0 radical (unpaired) electrons. The minimum Gasteiger partial charge on any atom is -0.493 e. The van der Waals surface area contributed by atoms with Gasteiger partial charge in [-0.15, -0.1) is 0 Å². The number of aromatic carboxylic acids is 1. The molecule has 2 rings (SSSR count). The lowest BCUT2D eigenvalue weighted by Crippen LogP contribution is -2.11. The maximum atomic E-state index is 11.5. The van der Waals surface area contributed by atoms with Crippen molar-refractivity contribution in [1.82, 2.24) is 9.97 Å². The van der Waals surface area contributed by atoms with Crippen molar-refractivity contribution in [1.29, 1.82) is 0 Å². The number of ether oxygens (including phenoxy) is 2. The summed E-state index contributed by atoms with van der Waals surface area (Å²) in [6, 6.07) is 4.17. The van der Waals surface area contributed by atoms with Crippen LogP contribution in [0.25, 0.3) is 0 Å². The number of benzene rings is 1. The number of nitrogens with one attached hydrogen (secondary N) is 1. The predicted molar refractivity (Wildman–Crippen MR) is 77.6 cm³/mol. The Morgan fingerprint density at radius 3 is 2.80 bits per heavy atom. The Balaban J connectivity index is 2.46. The third-order valence-electron chi connectivity index (χ3n) is 2.38. The van der Waals surface area contributed by atoms with Gasteiger partial charge in [-0.3, -0.25) is 4.79 Å². The Morgan fingerprint density at radius 2 is 2.15 bits per heavy atom. The molecule has 0 spiro atoms. The van der Waals surface area contributed by atoms with Crippen LogP contribution in [0.15, 0.2) is 29.3 Å². The molecular weight excluding hydrogens is 379 g/mol. The van der Waals surface area contributed by atoms with E-state index in [4.69, 9.17) is 14.6 Å². The number of carboxylic acids is 1. The zero-order valence-corrected chi connectivity index (χ0v) is 12.4. The lowest BCUT2D eigenvalue weighted by molar-refractivity contribution is 0.0696. The molecule has 0 atom stereocenters. The first kappa shape index (κ1) is 14.3. The SMILES string of the molecule is COc1ccc(C(=O)O)cc1Oc1nc[nH]c(=O)c1I. The molecule has 7 nitrogen and oxygen atoms in total. The van der Waals surface area contributed by atoms with Crippen molar-refractivity contribution in [2.75, 3.05) is 7.11 Å². The second-order valence-corrected chi connectivity index (χ2v) is 4.70. The summed E-state index contributed by atoms with van der Waals surface area (Å²) in [6.07, 6.45) is 1.20. The van der Waals surface area contributed by atoms with Crippen LogP contribution in [-0.4, -0.2) is 28.2 Å². The fourth-order valence-electron chi connectivity index (χ4n) is 1.43. The van der Waals surface area contributed by atoms with Crippen LogP contribution in [-0.2, 0) is 0 Å². The fraction of sp³-hybridized carbons (Fsp3) is 0.0833. The molecule has 0 aliphatic rings. The van der Waals surface area contributed by atoms with Gasteiger partial charge in [-0.2, -0.15) is 0 Å². The first-order chi connectivity index (χ1) is 9.52. The van der Waals surface area contributed by atoms with Gasteiger partial charge < -0.3 is 19.6 Å². The number of aromatic amines is 1. The number of carboxylic acid groups (broad SMARTS) is 1. The molecule has 0 saturated carbocycles. The Hall–Kier alpha value is -2.10. The molecular formula is C12H9IN2O5. The maximum Gasteiger partial charge on any atom is 0.335 e. The summed E-state index contributed by atoms with van der Waals surface area (Å²) in [5, 5.41) is 8.97. The molecule has 0 amide bonds. The Bertz CT molecular complexity index is 713. The number of methoxy groups -OCH3 is 1. The Labute approximate surface area is 126 Å². The lowest BCUT2D eigenvalue weighted by Gasteiger charge is -2.10.